The average molecular weight is 998 g/mol. The van der Waals surface area contributed by atoms with Crippen LogP contribution in [0.2, 0.25) is 5.02 Å². The molecule has 1 aromatic rings. The number of aliphatic hydroxyl groups is 1. The van der Waals surface area contributed by atoms with Crippen molar-refractivity contribution in [2.24, 2.45) is 11.0 Å². The molecule has 0 aliphatic carbocycles. The number of allylic oxidation sites excluding steroid dienone is 3. The van der Waals surface area contributed by atoms with Crippen LogP contribution in [0.1, 0.15) is 71.8 Å². The normalized spacial score (nSPS) is 26.9. The quantitative estimate of drug-likeness (QED) is 0.0244. The molecule has 3 aliphatic heterocycles. The molecule has 2 fully saturated rings. The second-order valence-corrected chi connectivity index (χ2v) is 19.9. The standard InChI is InChI=1S/C45H65ClN6O13S2/c1-28-11-9-13-36(60-8)45(58)27-35(63-43(57)49-45)29(2)41-44(4,65-41)37(26-39(55)52(6)33-24-31(23-28)25-34(59-7)40(33)46)64-42(56)30(3)51(5)38(54)15-22-67-66-21-14-32(53)12-10-17-61-19-20-62-18-16-48-50-47/h9,11,13,24-25,29-30,35-37,41,58H,10,12,14-23,26-27H2,1-8H3,(H,49,57)/b13-9+,28-11+/t29-,30+,35+,36-,37+,41+,44-,45+/m0/s1. The summed E-state index contributed by atoms with van der Waals surface area (Å²) < 4.78 is 40.1. The summed E-state index contributed by atoms with van der Waals surface area (Å²) in [6, 6.07) is 2.52. The summed E-state index contributed by atoms with van der Waals surface area (Å²) in [4.78, 5) is 72.1. The molecule has 3 aliphatic rings. The number of nitrogens with one attached hydrogen (secondary N) is 1. The molecule has 19 nitrogen and oxygen atoms in total. The molecule has 3 amide bonds. The van der Waals surface area contributed by atoms with Crippen molar-refractivity contribution in [3.63, 3.8) is 0 Å². The van der Waals surface area contributed by atoms with E-state index in [0.717, 1.165) is 11.1 Å². The monoisotopic (exact) mass is 996 g/mol. The van der Waals surface area contributed by atoms with Crippen LogP contribution >= 0.6 is 33.2 Å². The van der Waals surface area contributed by atoms with Crippen molar-refractivity contribution in [1.82, 2.24) is 10.2 Å². The van der Waals surface area contributed by atoms with Crippen molar-refractivity contribution in [2.75, 3.05) is 77.7 Å². The number of azide groups is 1. The number of ether oxygens (including phenoxy) is 7. The molecule has 4 rings (SSSR count). The van der Waals surface area contributed by atoms with Crippen molar-refractivity contribution in [2.45, 2.75) is 114 Å². The lowest BCUT2D eigenvalue weighted by Gasteiger charge is -2.42. The van der Waals surface area contributed by atoms with Gasteiger partial charge in [-0.05, 0) is 56.8 Å². The highest BCUT2D eigenvalue weighted by Gasteiger charge is 2.64. The Morgan fingerprint density at radius 1 is 1.12 bits per heavy atom. The minimum absolute atomic E-state index is 0.0751. The molecular formula is C45H65ClN6O13S2. The number of fused-ring (bicyclic) bond motifs is 5. The number of hydrogen-bond donors (Lipinski definition) is 2. The largest absolute Gasteiger partial charge is 0.495 e. The van der Waals surface area contributed by atoms with Crippen LogP contribution in [0.15, 0.2) is 41.0 Å². The maximum absolute atomic E-state index is 14.3. The number of rotatable bonds is 22. The SMILES string of the molecule is COc1cc2cc(c1Cl)N(C)C(=O)C[C@@H](OC(=O)[C@@H](C)N(C)C(=O)CCSSCCC(=O)CCCOCCOCCN=[N+]=[N-])[C@]1(C)O[C@@H]1[C@@H](C)[C@H]1C[C@](O)(NC(=O)O1)[C@@H](OC)/C=C/C=C(\C)C2. The van der Waals surface area contributed by atoms with Gasteiger partial charge in [-0.2, -0.15) is 0 Å². The average Bonchev–Trinajstić information content (AvgIpc) is 3.99. The summed E-state index contributed by atoms with van der Waals surface area (Å²) in [7, 11) is 8.93. The van der Waals surface area contributed by atoms with Crippen molar-refractivity contribution in [1.29, 1.82) is 0 Å². The van der Waals surface area contributed by atoms with Crippen molar-refractivity contribution >= 4 is 68.5 Å². The lowest BCUT2D eigenvalue weighted by Crippen LogP contribution is -2.63. The van der Waals surface area contributed by atoms with E-state index in [1.54, 1.807) is 52.1 Å². The molecule has 67 heavy (non-hydrogen) atoms. The number of halogens is 1. The van der Waals surface area contributed by atoms with E-state index in [2.05, 4.69) is 15.3 Å². The molecule has 2 N–H and O–H groups in total. The second kappa shape index (κ2) is 26.6. The zero-order valence-corrected chi connectivity index (χ0v) is 41.9. The number of epoxide rings is 1. The first-order chi connectivity index (χ1) is 31.9. The first-order valence-corrected chi connectivity index (χ1v) is 25.0. The summed E-state index contributed by atoms with van der Waals surface area (Å²) >= 11 is 6.80. The summed E-state index contributed by atoms with van der Waals surface area (Å²) in [5.74, 6) is -0.584. The van der Waals surface area contributed by atoms with Crippen LogP contribution in [-0.2, 0) is 54.0 Å². The number of hydrogen-bond acceptors (Lipinski definition) is 16. The number of ketones is 1. The fraction of sp³-hybridized carbons (Fsp3) is 0.667. The third-order valence-corrected chi connectivity index (χ3v) is 14.8. The molecule has 0 saturated carbocycles. The number of anilines is 1. The van der Waals surface area contributed by atoms with Crippen molar-refractivity contribution in [3.05, 3.63) is 57.0 Å². The Bertz CT molecular complexity index is 2010. The Morgan fingerprint density at radius 2 is 1.82 bits per heavy atom. The van der Waals surface area contributed by atoms with E-state index in [-0.39, 0.29) is 42.5 Å². The number of carbonyl (C=O) groups is 5. The summed E-state index contributed by atoms with van der Waals surface area (Å²) in [6.07, 6.45) is 2.19. The molecule has 0 unspecified atom stereocenters. The third-order valence-electron chi connectivity index (χ3n) is 12.0. The predicted molar refractivity (Wildman–Crippen MR) is 255 cm³/mol. The van der Waals surface area contributed by atoms with Crippen molar-refractivity contribution < 1.29 is 62.2 Å². The number of benzene rings is 1. The second-order valence-electron chi connectivity index (χ2n) is 16.9. The molecule has 3 heterocycles. The highest BCUT2D eigenvalue weighted by atomic mass is 35.5. The maximum atomic E-state index is 14.3. The van der Waals surface area contributed by atoms with E-state index in [4.69, 9.17) is 50.3 Å². The van der Waals surface area contributed by atoms with Gasteiger partial charge >= 0.3 is 12.1 Å². The van der Waals surface area contributed by atoms with Crippen LogP contribution in [0.5, 0.6) is 5.75 Å². The molecular weight excluding hydrogens is 932 g/mol. The zero-order chi connectivity index (χ0) is 49.3. The molecule has 0 radical (unpaired) electrons. The van der Waals surface area contributed by atoms with E-state index in [1.807, 2.05) is 13.0 Å². The summed E-state index contributed by atoms with van der Waals surface area (Å²) in [5, 5.41) is 17.9. The number of amides is 3. The Labute approximate surface area is 405 Å². The van der Waals surface area contributed by atoms with Gasteiger partial charge in [-0.3, -0.25) is 19.7 Å². The lowest BCUT2D eigenvalue weighted by atomic mass is 9.83. The molecule has 1 aromatic carbocycles. The fourth-order valence-electron chi connectivity index (χ4n) is 7.77. The lowest BCUT2D eigenvalue weighted by molar-refractivity contribution is -0.162. The number of Topliss-reactive ketones (excluding diaryl/α,β-unsaturated/α-hetero) is 1. The highest BCUT2D eigenvalue weighted by molar-refractivity contribution is 8.76. The minimum Gasteiger partial charge on any atom is -0.495 e. The molecule has 0 spiro atoms. The first kappa shape index (κ1) is 55.5. The number of nitrogens with zero attached hydrogens (tertiary/aromatic N) is 5. The van der Waals surface area contributed by atoms with Gasteiger partial charge in [-0.15, -0.1) is 0 Å². The van der Waals surface area contributed by atoms with E-state index >= 15 is 0 Å². The maximum Gasteiger partial charge on any atom is 0.409 e. The Kier molecular flexibility index (Phi) is 22.1. The van der Waals surface area contributed by atoms with E-state index < -0.39 is 65.7 Å². The third kappa shape index (κ3) is 16.0. The van der Waals surface area contributed by atoms with Gasteiger partial charge in [0.05, 0.1) is 45.1 Å². The van der Waals surface area contributed by atoms with Gasteiger partial charge < -0.3 is 48.1 Å². The van der Waals surface area contributed by atoms with E-state index in [0.29, 0.717) is 75.1 Å². The summed E-state index contributed by atoms with van der Waals surface area (Å²) in [6.45, 7) is 8.75. The topological polar surface area (TPSA) is 241 Å². The molecule has 22 heteroatoms. The van der Waals surface area contributed by atoms with Gasteiger partial charge in [-0.1, -0.05) is 69.0 Å². The number of methoxy groups -OCH3 is 2. The number of alkyl carbamates (subject to hydrolysis) is 1. The zero-order valence-electron chi connectivity index (χ0n) is 39.5. The van der Waals surface area contributed by atoms with Crippen LogP contribution < -0.4 is 15.0 Å². The van der Waals surface area contributed by atoms with Crippen LogP contribution in [0, 0.1) is 5.92 Å². The number of esters is 1. The smallest absolute Gasteiger partial charge is 0.409 e. The summed E-state index contributed by atoms with van der Waals surface area (Å²) in [5.41, 5.74) is 7.21. The van der Waals surface area contributed by atoms with Gasteiger partial charge in [0.25, 0.3) is 0 Å². The Morgan fingerprint density at radius 3 is 2.51 bits per heavy atom. The highest BCUT2D eigenvalue weighted by Crippen LogP contribution is 2.49. The van der Waals surface area contributed by atoms with Crippen LogP contribution in [0.3, 0.4) is 0 Å². The molecule has 2 saturated heterocycles. The Balaban J connectivity index is 1.40. The van der Waals surface area contributed by atoms with Gasteiger partial charge in [0.15, 0.2) is 5.72 Å². The number of likely N-dealkylation sites (N-methyl/N-ethyl adjacent to an activating group) is 1. The van der Waals surface area contributed by atoms with Gasteiger partial charge in [0, 0.05) is 82.4 Å². The molecule has 8 atom stereocenters. The molecule has 4 bridgehead atoms. The fourth-order valence-corrected chi connectivity index (χ4v) is 10.1. The van der Waals surface area contributed by atoms with E-state index in [9.17, 15) is 29.1 Å². The molecule has 0 aromatic heterocycles. The van der Waals surface area contributed by atoms with Gasteiger partial charge in [0.1, 0.15) is 46.5 Å². The molecule has 372 valence electrons. The number of carbonyl (C=O) groups excluding carboxylic acids is 5. The van der Waals surface area contributed by atoms with Crippen LogP contribution in [-0.4, -0.2) is 154 Å². The van der Waals surface area contributed by atoms with Gasteiger partial charge in [0.2, 0.25) is 11.8 Å². The van der Waals surface area contributed by atoms with Crippen LogP contribution in [0.4, 0.5) is 10.5 Å². The first-order valence-electron chi connectivity index (χ1n) is 22.2. The van der Waals surface area contributed by atoms with E-state index in [1.165, 1.54) is 52.7 Å². The van der Waals surface area contributed by atoms with Crippen LogP contribution in [0.25, 0.3) is 10.4 Å². The predicted octanol–water partition coefficient (Wildman–Crippen LogP) is 6.37. The van der Waals surface area contributed by atoms with Crippen molar-refractivity contribution in [3.8, 4) is 5.75 Å². The van der Waals surface area contributed by atoms with Gasteiger partial charge in [-0.25, -0.2) is 9.59 Å². The Hall–Kier alpha value is -4.05. The minimum atomic E-state index is -1.85.